The summed E-state index contributed by atoms with van der Waals surface area (Å²) in [6.07, 6.45) is 0.193. The van der Waals surface area contributed by atoms with Gasteiger partial charge in [0, 0.05) is 31.3 Å². The van der Waals surface area contributed by atoms with Gasteiger partial charge in [0.1, 0.15) is 0 Å². The summed E-state index contributed by atoms with van der Waals surface area (Å²) in [5, 5.41) is 8.13. The van der Waals surface area contributed by atoms with Gasteiger partial charge in [-0.05, 0) is 42.0 Å². The molecule has 2 aromatic rings. The van der Waals surface area contributed by atoms with E-state index in [1.165, 1.54) is 14.0 Å². The van der Waals surface area contributed by atoms with Crippen molar-refractivity contribution in [3.05, 3.63) is 53.6 Å². The fourth-order valence-corrected chi connectivity index (χ4v) is 2.63. The third kappa shape index (κ3) is 6.84. The van der Waals surface area contributed by atoms with Crippen LogP contribution in [0.1, 0.15) is 22.8 Å². The molecule has 0 heterocycles. The molecule has 0 spiro atoms. The molecule has 2 aromatic carbocycles. The molecule has 0 aromatic heterocycles. The summed E-state index contributed by atoms with van der Waals surface area (Å²) < 4.78 is 10.4. The number of benzene rings is 2. The van der Waals surface area contributed by atoms with Crippen molar-refractivity contribution < 1.29 is 23.9 Å². The molecule has 3 N–H and O–H groups in total. The van der Waals surface area contributed by atoms with E-state index < -0.39 is 0 Å². The number of carbonyl (C=O) groups excluding carboxylic acids is 3. The standard InChI is InChI=1S/C21H25N3O5/c1-14(25)24-17-7-5-16(6-8-17)21(27)23-11-10-22-20(26)13-15-4-9-18(28-2)19(12-15)29-3/h4-9,12H,10-11,13H2,1-3H3,(H,22,26)(H,23,27)(H,24,25). The van der Waals surface area contributed by atoms with Crippen molar-refractivity contribution in [3.63, 3.8) is 0 Å². The second kappa shape index (κ2) is 10.7. The largest absolute Gasteiger partial charge is 0.493 e. The van der Waals surface area contributed by atoms with Gasteiger partial charge in [-0.1, -0.05) is 6.07 Å². The number of methoxy groups -OCH3 is 2. The van der Waals surface area contributed by atoms with Crippen LogP contribution in [0.4, 0.5) is 5.69 Å². The fraction of sp³-hybridized carbons (Fsp3) is 0.286. The Morgan fingerprint density at radius 3 is 2.14 bits per heavy atom. The zero-order valence-corrected chi connectivity index (χ0v) is 16.7. The van der Waals surface area contributed by atoms with Gasteiger partial charge >= 0.3 is 0 Å². The van der Waals surface area contributed by atoms with Gasteiger partial charge in [-0.2, -0.15) is 0 Å². The Morgan fingerprint density at radius 1 is 0.862 bits per heavy atom. The van der Waals surface area contributed by atoms with Crippen molar-refractivity contribution in [3.8, 4) is 11.5 Å². The Kier molecular flexibility index (Phi) is 8.02. The van der Waals surface area contributed by atoms with Crippen LogP contribution in [0.5, 0.6) is 11.5 Å². The first-order chi connectivity index (χ1) is 13.9. The van der Waals surface area contributed by atoms with E-state index in [0.29, 0.717) is 35.8 Å². The minimum absolute atomic E-state index is 0.161. The molecule has 3 amide bonds. The molecule has 29 heavy (non-hydrogen) atoms. The highest BCUT2D eigenvalue weighted by Gasteiger charge is 2.09. The highest BCUT2D eigenvalue weighted by molar-refractivity contribution is 5.95. The lowest BCUT2D eigenvalue weighted by Crippen LogP contribution is -2.35. The molecular formula is C21H25N3O5. The van der Waals surface area contributed by atoms with Crippen molar-refractivity contribution in [2.75, 3.05) is 32.6 Å². The zero-order valence-electron chi connectivity index (χ0n) is 16.7. The molecule has 0 aliphatic rings. The van der Waals surface area contributed by atoms with Gasteiger partial charge < -0.3 is 25.4 Å². The third-order valence-electron chi connectivity index (χ3n) is 4.01. The molecule has 0 saturated carbocycles. The number of carbonyl (C=O) groups is 3. The molecule has 8 heteroatoms. The lowest BCUT2D eigenvalue weighted by atomic mass is 10.1. The van der Waals surface area contributed by atoms with Crippen molar-refractivity contribution in [2.45, 2.75) is 13.3 Å². The maximum Gasteiger partial charge on any atom is 0.251 e. The van der Waals surface area contributed by atoms with Crippen LogP contribution < -0.4 is 25.4 Å². The van der Waals surface area contributed by atoms with Gasteiger partial charge in [0.2, 0.25) is 11.8 Å². The molecule has 0 bridgehead atoms. The number of ether oxygens (including phenoxy) is 2. The smallest absolute Gasteiger partial charge is 0.251 e. The maximum atomic E-state index is 12.1. The summed E-state index contributed by atoms with van der Waals surface area (Å²) >= 11 is 0. The second-order valence-electron chi connectivity index (χ2n) is 6.23. The number of anilines is 1. The molecule has 2 rings (SSSR count). The van der Waals surface area contributed by atoms with Crippen LogP contribution in [0.3, 0.4) is 0 Å². The molecule has 0 unspecified atom stereocenters. The fourth-order valence-electron chi connectivity index (χ4n) is 2.63. The molecule has 0 radical (unpaired) electrons. The lowest BCUT2D eigenvalue weighted by Gasteiger charge is -2.10. The average molecular weight is 399 g/mol. The predicted molar refractivity (Wildman–Crippen MR) is 109 cm³/mol. The van der Waals surface area contributed by atoms with E-state index >= 15 is 0 Å². The van der Waals surface area contributed by atoms with Crippen molar-refractivity contribution in [1.29, 1.82) is 0 Å². The van der Waals surface area contributed by atoms with E-state index in [1.54, 1.807) is 49.6 Å². The normalized spacial score (nSPS) is 10.0. The molecule has 0 aliphatic heterocycles. The van der Waals surface area contributed by atoms with Crippen molar-refractivity contribution in [2.24, 2.45) is 0 Å². The van der Waals surface area contributed by atoms with Crippen LogP contribution >= 0.6 is 0 Å². The summed E-state index contributed by atoms with van der Waals surface area (Å²) in [7, 11) is 3.09. The van der Waals surface area contributed by atoms with E-state index in [1.807, 2.05) is 0 Å². The van der Waals surface area contributed by atoms with Crippen LogP contribution in [-0.4, -0.2) is 45.0 Å². The van der Waals surface area contributed by atoms with Gasteiger partial charge in [0.25, 0.3) is 5.91 Å². The van der Waals surface area contributed by atoms with Crippen LogP contribution in [0.15, 0.2) is 42.5 Å². The summed E-state index contributed by atoms with van der Waals surface area (Å²) in [5.41, 5.74) is 1.88. The van der Waals surface area contributed by atoms with E-state index in [0.717, 1.165) is 5.56 Å². The molecule has 154 valence electrons. The number of hydrogen-bond donors (Lipinski definition) is 3. The van der Waals surface area contributed by atoms with E-state index in [4.69, 9.17) is 9.47 Å². The van der Waals surface area contributed by atoms with Gasteiger partial charge in [-0.25, -0.2) is 0 Å². The van der Waals surface area contributed by atoms with Crippen LogP contribution in [-0.2, 0) is 16.0 Å². The van der Waals surface area contributed by atoms with Gasteiger partial charge in [0.15, 0.2) is 11.5 Å². The molecule has 0 atom stereocenters. The number of nitrogens with one attached hydrogen (secondary N) is 3. The minimum atomic E-state index is -0.256. The number of amides is 3. The Labute approximate surface area is 169 Å². The quantitative estimate of drug-likeness (QED) is 0.557. The van der Waals surface area contributed by atoms with Crippen molar-refractivity contribution in [1.82, 2.24) is 10.6 Å². The topological polar surface area (TPSA) is 106 Å². The maximum absolute atomic E-state index is 12.1. The summed E-state index contributed by atoms with van der Waals surface area (Å²) in [6, 6.07) is 11.9. The Balaban J connectivity index is 1.75. The van der Waals surface area contributed by atoms with E-state index in [9.17, 15) is 14.4 Å². The van der Waals surface area contributed by atoms with Crippen LogP contribution in [0, 0.1) is 0 Å². The summed E-state index contributed by atoms with van der Waals surface area (Å²) in [5.74, 6) is 0.574. The summed E-state index contributed by atoms with van der Waals surface area (Å²) in [4.78, 5) is 35.2. The predicted octanol–water partition coefficient (Wildman–Crippen LogP) is 1.75. The molecule has 0 aliphatic carbocycles. The first-order valence-corrected chi connectivity index (χ1v) is 9.06. The number of hydrogen-bond acceptors (Lipinski definition) is 5. The lowest BCUT2D eigenvalue weighted by molar-refractivity contribution is -0.120. The molecule has 0 fully saturated rings. The highest BCUT2D eigenvalue weighted by Crippen LogP contribution is 2.27. The molecule has 0 saturated heterocycles. The summed E-state index contributed by atoms with van der Waals surface area (Å²) in [6.45, 7) is 2.02. The minimum Gasteiger partial charge on any atom is -0.493 e. The Hall–Kier alpha value is -3.55. The van der Waals surface area contributed by atoms with Crippen LogP contribution in [0.2, 0.25) is 0 Å². The van der Waals surface area contributed by atoms with Gasteiger partial charge in [-0.15, -0.1) is 0 Å². The van der Waals surface area contributed by atoms with E-state index in [-0.39, 0.29) is 24.1 Å². The highest BCUT2D eigenvalue weighted by atomic mass is 16.5. The Morgan fingerprint density at radius 2 is 1.52 bits per heavy atom. The van der Waals surface area contributed by atoms with E-state index in [2.05, 4.69) is 16.0 Å². The first-order valence-electron chi connectivity index (χ1n) is 9.06. The van der Waals surface area contributed by atoms with Crippen molar-refractivity contribution >= 4 is 23.4 Å². The zero-order chi connectivity index (χ0) is 21.2. The number of rotatable bonds is 9. The molecular weight excluding hydrogens is 374 g/mol. The third-order valence-corrected chi connectivity index (χ3v) is 4.01. The SMILES string of the molecule is COc1ccc(CC(=O)NCCNC(=O)c2ccc(NC(C)=O)cc2)cc1OC. The second-order valence-corrected chi connectivity index (χ2v) is 6.23. The average Bonchev–Trinajstić information content (AvgIpc) is 2.71. The Bertz CT molecular complexity index is 865. The van der Waals surface area contributed by atoms with Gasteiger partial charge in [-0.3, -0.25) is 14.4 Å². The molecule has 8 nitrogen and oxygen atoms in total. The first kappa shape index (κ1) is 21.7. The van der Waals surface area contributed by atoms with Gasteiger partial charge in [0.05, 0.1) is 20.6 Å². The van der Waals surface area contributed by atoms with Crippen LogP contribution in [0.25, 0.3) is 0 Å². The monoisotopic (exact) mass is 399 g/mol.